The van der Waals surface area contributed by atoms with Crippen molar-refractivity contribution in [2.24, 2.45) is 0 Å². The third-order valence-electron chi connectivity index (χ3n) is 2.01. The molecule has 0 spiro atoms. The molecule has 0 bridgehead atoms. The van der Waals surface area contributed by atoms with Crippen molar-refractivity contribution < 1.29 is 22.7 Å². The van der Waals surface area contributed by atoms with Crippen LogP contribution in [0.25, 0.3) is 0 Å². The fourth-order valence-corrected chi connectivity index (χ4v) is 1.97. The van der Waals surface area contributed by atoms with Gasteiger partial charge in [0.2, 0.25) is 0 Å². The Morgan fingerprint density at radius 3 is 2.44 bits per heavy atom. The predicted molar refractivity (Wildman–Crippen MR) is 63.3 cm³/mol. The molecule has 0 aromatic rings. The van der Waals surface area contributed by atoms with Crippen LogP contribution in [0, 0.1) is 0 Å². The second-order valence-electron chi connectivity index (χ2n) is 3.55. The fraction of sp³-hybridized carbons (Fsp3) is 0.900. The molecule has 0 saturated carbocycles. The summed E-state index contributed by atoms with van der Waals surface area (Å²) in [5.41, 5.74) is 0. The summed E-state index contributed by atoms with van der Waals surface area (Å²) in [5, 5.41) is 0. The molecule has 0 aromatic carbocycles. The van der Waals surface area contributed by atoms with Crippen LogP contribution in [0.3, 0.4) is 0 Å². The molecule has 0 N–H and O–H groups in total. The molecule has 16 heavy (non-hydrogen) atoms. The maximum absolute atomic E-state index is 11.6. The molecule has 0 fully saturated rings. The topological polar surface area (TPSA) is 26.3 Å². The van der Waals surface area contributed by atoms with Crippen LogP contribution in [-0.4, -0.2) is 16.3 Å². The van der Waals surface area contributed by atoms with Gasteiger partial charge in [-0.05, 0) is 12.8 Å². The Hall–Kier alpha value is -0.0100. The largest absolute Gasteiger partial charge is 0.575 e. The van der Waals surface area contributed by atoms with Gasteiger partial charge in [0.05, 0.1) is 0 Å². The van der Waals surface area contributed by atoms with Crippen molar-refractivity contribution in [3.63, 3.8) is 0 Å². The van der Waals surface area contributed by atoms with E-state index in [1.54, 1.807) is 0 Å². The van der Waals surface area contributed by atoms with Gasteiger partial charge in [-0.1, -0.05) is 48.8 Å². The molecule has 0 aliphatic heterocycles. The number of alkyl halides is 4. The smallest absolute Gasteiger partial charge is 0.373 e. The second kappa shape index (κ2) is 8.14. The Morgan fingerprint density at radius 1 is 1.31 bits per heavy atom. The molecule has 1 atom stereocenters. The molecule has 0 rings (SSSR count). The summed E-state index contributed by atoms with van der Waals surface area (Å²) in [4.78, 5) is 10.7. The van der Waals surface area contributed by atoms with Crippen molar-refractivity contribution in [2.45, 2.75) is 55.7 Å². The molecule has 0 aliphatic rings. The Kier molecular flexibility index (Phi) is 8.13. The van der Waals surface area contributed by atoms with Crippen molar-refractivity contribution in [1.82, 2.24) is 0 Å². The average Bonchev–Trinajstić information content (AvgIpc) is 2.12. The molecule has 0 amide bonds. The minimum atomic E-state index is -4.85. The summed E-state index contributed by atoms with van der Waals surface area (Å²) in [7, 11) is 0. The number of esters is 1. The molecule has 0 aromatic heterocycles. The molecule has 2 nitrogen and oxygen atoms in total. The van der Waals surface area contributed by atoms with Crippen molar-refractivity contribution >= 4 is 28.6 Å². The van der Waals surface area contributed by atoms with E-state index in [1.165, 1.54) is 0 Å². The highest BCUT2D eigenvalue weighted by Gasteiger charge is 2.33. The van der Waals surface area contributed by atoms with E-state index in [0.29, 0.717) is 6.42 Å². The minimum absolute atomic E-state index is 0.167. The van der Waals surface area contributed by atoms with Crippen LogP contribution in [0.5, 0.6) is 0 Å². The number of carbonyl (C=O) groups excluding carboxylic acids is 1. The summed E-state index contributed by atoms with van der Waals surface area (Å²) in [6.45, 7) is 2.09. The van der Waals surface area contributed by atoms with E-state index in [1.807, 2.05) is 0 Å². The average molecular weight is 352 g/mol. The van der Waals surface area contributed by atoms with Gasteiger partial charge in [-0.25, -0.2) is 0 Å². The van der Waals surface area contributed by atoms with Gasteiger partial charge in [0.1, 0.15) is 0 Å². The SMILES string of the molecule is CCCCCC(I)CCC(=O)OC(F)(F)F. The highest BCUT2D eigenvalue weighted by molar-refractivity contribution is 14.1. The van der Waals surface area contributed by atoms with Gasteiger partial charge in [0.15, 0.2) is 0 Å². The van der Waals surface area contributed by atoms with Gasteiger partial charge in [-0.3, -0.25) is 4.79 Å². The number of rotatable bonds is 7. The first kappa shape index (κ1) is 16.0. The molecular formula is C10H16F3IO2. The van der Waals surface area contributed by atoms with Gasteiger partial charge >= 0.3 is 12.3 Å². The molecule has 0 aliphatic carbocycles. The van der Waals surface area contributed by atoms with Crippen LogP contribution in [0.4, 0.5) is 13.2 Å². The number of hydrogen-bond acceptors (Lipinski definition) is 2. The highest BCUT2D eigenvalue weighted by Crippen LogP contribution is 2.20. The van der Waals surface area contributed by atoms with E-state index in [2.05, 4.69) is 34.3 Å². The lowest BCUT2D eigenvalue weighted by Crippen LogP contribution is -2.19. The zero-order valence-electron chi connectivity index (χ0n) is 9.15. The monoisotopic (exact) mass is 352 g/mol. The quantitative estimate of drug-likeness (QED) is 0.297. The maximum Gasteiger partial charge on any atom is 0.575 e. The van der Waals surface area contributed by atoms with Crippen LogP contribution >= 0.6 is 22.6 Å². The lowest BCUT2D eigenvalue weighted by Gasteiger charge is -2.10. The number of unbranched alkanes of at least 4 members (excludes halogenated alkanes) is 2. The first-order chi connectivity index (χ1) is 7.35. The standard InChI is InChI=1S/C10H16F3IO2/c1-2-3-4-5-8(14)6-7-9(15)16-10(11,12)13/h8H,2-7H2,1H3. The third-order valence-corrected chi connectivity index (χ3v) is 3.26. The molecule has 0 heterocycles. The summed E-state index contributed by atoms with van der Waals surface area (Å²) in [5.74, 6) is -1.19. The minimum Gasteiger partial charge on any atom is -0.373 e. The lowest BCUT2D eigenvalue weighted by atomic mass is 10.1. The van der Waals surface area contributed by atoms with Gasteiger partial charge in [0, 0.05) is 10.3 Å². The molecular weight excluding hydrogens is 336 g/mol. The predicted octanol–water partition coefficient (Wildman–Crippen LogP) is 4.21. The van der Waals surface area contributed by atoms with E-state index in [9.17, 15) is 18.0 Å². The normalized spacial score (nSPS) is 13.6. The molecule has 6 heteroatoms. The van der Waals surface area contributed by atoms with Crippen molar-refractivity contribution in [3.05, 3.63) is 0 Å². The van der Waals surface area contributed by atoms with Crippen LogP contribution in [0.2, 0.25) is 0 Å². The number of carbonyl (C=O) groups is 1. The van der Waals surface area contributed by atoms with Crippen molar-refractivity contribution in [2.75, 3.05) is 0 Å². The summed E-state index contributed by atoms with van der Waals surface area (Å²) >= 11 is 2.16. The van der Waals surface area contributed by atoms with Crippen LogP contribution in [0.15, 0.2) is 0 Å². The molecule has 0 radical (unpaired) electrons. The first-order valence-electron chi connectivity index (χ1n) is 5.27. The van der Waals surface area contributed by atoms with E-state index in [0.717, 1.165) is 25.7 Å². The molecule has 1 unspecified atom stereocenters. The van der Waals surface area contributed by atoms with Gasteiger partial charge in [-0.2, -0.15) is 0 Å². The Balaban J connectivity index is 3.59. The Labute approximate surface area is 107 Å². The Bertz CT molecular complexity index is 207. The number of ether oxygens (including phenoxy) is 1. The summed E-state index contributed by atoms with van der Waals surface area (Å²) in [6, 6.07) is 0. The summed E-state index contributed by atoms with van der Waals surface area (Å²) in [6.07, 6.45) is -0.351. The second-order valence-corrected chi connectivity index (χ2v) is 5.31. The van der Waals surface area contributed by atoms with Crippen LogP contribution < -0.4 is 0 Å². The lowest BCUT2D eigenvalue weighted by molar-refractivity contribution is -0.305. The molecule has 96 valence electrons. The van der Waals surface area contributed by atoms with Crippen LogP contribution in [0.1, 0.15) is 45.4 Å². The van der Waals surface area contributed by atoms with Gasteiger partial charge < -0.3 is 4.74 Å². The van der Waals surface area contributed by atoms with Crippen LogP contribution in [-0.2, 0) is 9.53 Å². The van der Waals surface area contributed by atoms with E-state index in [-0.39, 0.29) is 10.3 Å². The zero-order chi connectivity index (χ0) is 12.6. The number of hydrogen-bond donors (Lipinski definition) is 0. The van der Waals surface area contributed by atoms with Gasteiger partial charge in [0.25, 0.3) is 0 Å². The first-order valence-corrected chi connectivity index (χ1v) is 6.52. The van der Waals surface area contributed by atoms with E-state index < -0.39 is 12.3 Å². The number of halogens is 4. The zero-order valence-corrected chi connectivity index (χ0v) is 11.3. The van der Waals surface area contributed by atoms with E-state index >= 15 is 0 Å². The fourth-order valence-electron chi connectivity index (χ4n) is 1.21. The summed E-state index contributed by atoms with van der Waals surface area (Å²) < 4.78 is 38.4. The molecule has 0 saturated heterocycles. The maximum atomic E-state index is 11.6. The highest BCUT2D eigenvalue weighted by atomic mass is 127. The third kappa shape index (κ3) is 10.5. The van der Waals surface area contributed by atoms with E-state index in [4.69, 9.17) is 0 Å². The van der Waals surface area contributed by atoms with Crippen molar-refractivity contribution in [3.8, 4) is 0 Å². The Morgan fingerprint density at radius 2 is 1.94 bits per heavy atom. The van der Waals surface area contributed by atoms with Crippen molar-refractivity contribution in [1.29, 1.82) is 0 Å². The van der Waals surface area contributed by atoms with Gasteiger partial charge in [-0.15, -0.1) is 13.2 Å².